The fourth-order valence-corrected chi connectivity index (χ4v) is 2.71. The van der Waals surface area contributed by atoms with Crippen molar-refractivity contribution in [3.63, 3.8) is 0 Å². The van der Waals surface area contributed by atoms with Gasteiger partial charge in [-0.05, 0) is 28.1 Å². The zero-order chi connectivity index (χ0) is 11.5. The minimum absolute atomic E-state index is 0.0249. The van der Waals surface area contributed by atoms with Gasteiger partial charge in [-0.1, -0.05) is 0 Å². The monoisotopic (exact) mass is 299 g/mol. The largest absolute Gasteiger partial charge is 0.337 e. The number of aromatic amines is 1. The molecule has 2 aromatic rings. The third-order valence-electron chi connectivity index (χ3n) is 2.11. The van der Waals surface area contributed by atoms with Gasteiger partial charge in [-0.15, -0.1) is 11.3 Å². The molecule has 2 heterocycles. The van der Waals surface area contributed by atoms with E-state index in [1.165, 1.54) is 11.3 Å². The van der Waals surface area contributed by atoms with Crippen LogP contribution in [-0.2, 0) is 6.54 Å². The molecule has 6 heteroatoms. The van der Waals surface area contributed by atoms with Gasteiger partial charge in [0.05, 0.1) is 14.9 Å². The molecule has 84 valence electrons. The zero-order valence-corrected chi connectivity index (χ0v) is 11.0. The third kappa shape index (κ3) is 2.51. The van der Waals surface area contributed by atoms with Gasteiger partial charge in [0.15, 0.2) is 0 Å². The average Bonchev–Trinajstić information content (AvgIpc) is 2.88. The molecule has 0 aliphatic heterocycles. The summed E-state index contributed by atoms with van der Waals surface area (Å²) in [7, 11) is 1.78. The van der Waals surface area contributed by atoms with Crippen molar-refractivity contribution < 1.29 is 4.79 Å². The van der Waals surface area contributed by atoms with Gasteiger partial charge < -0.3 is 4.90 Å². The quantitative estimate of drug-likeness (QED) is 0.947. The average molecular weight is 300 g/mol. The van der Waals surface area contributed by atoms with Gasteiger partial charge in [-0.3, -0.25) is 9.89 Å². The molecular weight excluding hydrogens is 290 g/mol. The number of halogens is 1. The van der Waals surface area contributed by atoms with Gasteiger partial charge in [-0.2, -0.15) is 5.10 Å². The second kappa shape index (κ2) is 4.80. The molecule has 0 aliphatic carbocycles. The van der Waals surface area contributed by atoms with Gasteiger partial charge in [0, 0.05) is 25.4 Å². The van der Waals surface area contributed by atoms with Crippen LogP contribution in [0.3, 0.4) is 0 Å². The standard InChI is InChI=1S/C10H10BrN3OS/c1-14(6-7-4-12-13-5-7)10(15)8-2-3-9(11)16-8/h2-5H,6H2,1H3,(H,12,13). The van der Waals surface area contributed by atoms with E-state index in [-0.39, 0.29) is 5.91 Å². The van der Waals surface area contributed by atoms with Crippen molar-refractivity contribution in [2.24, 2.45) is 0 Å². The predicted octanol–water partition coefficient (Wildman–Crippen LogP) is 2.51. The van der Waals surface area contributed by atoms with Gasteiger partial charge in [0.25, 0.3) is 5.91 Å². The Balaban J connectivity index is 2.05. The van der Waals surface area contributed by atoms with E-state index in [1.807, 2.05) is 12.1 Å². The molecule has 2 aromatic heterocycles. The van der Waals surface area contributed by atoms with Crippen LogP contribution in [0.1, 0.15) is 15.2 Å². The molecule has 0 aromatic carbocycles. The second-order valence-electron chi connectivity index (χ2n) is 3.37. The lowest BCUT2D eigenvalue weighted by atomic mass is 10.3. The van der Waals surface area contributed by atoms with E-state index in [9.17, 15) is 4.79 Å². The lowest BCUT2D eigenvalue weighted by Crippen LogP contribution is -2.25. The number of carbonyl (C=O) groups is 1. The topological polar surface area (TPSA) is 49.0 Å². The molecule has 0 spiro atoms. The first-order valence-electron chi connectivity index (χ1n) is 4.65. The van der Waals surface area contributed by atoms with Crippen molar-refractivity contribution in [1.82, 2.24) is 15.1 Å². The van der Waals surface area contributed by atoms with Gasteiger partial charge in [0.2, 0.25) is 0 Å². The smallest absolute Gasteiger partial charge is 0.264 e. The van der Waals surface area contributed by atoms with E-state index < -0.39 is 0 Å². The lowest BCUT2D eigenvalue weighted by molar-refractivity contribution is 0.0790. The number of carbonyl (C=O) groups excluding carboxylic acids is 1. The van der Waals surface area contributed by atoms with Crippen molar-refractivity contribution in [1.29, 1.82) is 0 Å². The first-order valence-corrected chi connectivity index (χ1v) is 6.26. The van der Waals surface area contributed by atoms with Crippen molar-refractivity contribution in [3.05, 3.63) is 38.8 Å². The minimum atomic E-state index is 0.0249. The molecule has 0 radical (unpaired) electrons. The van der Waals surface area contributed by atoms with Crippen molar-refractivity contribution in [2.45, 2.75) is 6.54 Å². The number of H-pyrrole nitrogens is 1. The van der Waals surface area contributed by atoms with E-state index in [1.54, 1.807) is 24.3 Å². The normalized spacial score (nSPS) is 10.4. The van der Waals surface area contributed by atoms with E-state index in [0.29, 0.717) is 6.54 Å². The Labute approximate surface area is 105 Å². The maximum atomic E-state index is 12.0. The molecule has 0 saturated carbocycles. The molecule has 2 rings (SSSR count). The summed E-state index contributed by atoms with van der Waals surface area (Å²) >= 11 is 4.78. The van der Waals surface area contributed by atoms with E-state index in [4.69, 9.17) is 0 Å². The number of nitrogens with zero attached hydrogens (tertiary/aromatic N) is 2. The van der Waals surface area contributed by atoms with E-state index in [2.05, 4.69) is 26.1 Å². The molecule has 1 amide bonds. The zero-order valence-electron chi connectivity index (χ0n) is 8.61. The fourth-order valence-electron chi connectivity index (χ4n) is 1.33. The number of rotatable bonds is 3. The summed E-state index contributed by atoms with van der Waals surface area (Å²) < 4.78 is 0.965. The van der Waals surface area contributed by atoms with Crippen LogP contribution in [0.15, 0.2) is 28.3 Å². The summed E-state index contributed by atoms with van der Waals surface area (Å²) in [5.41, 5.74) is 0.992. The van der Waals surface area contributed by atoms with Gasteiger partial charge in [0.1, 0.15) is 0 Å². The Morgan fingerprint density at radius 2 is 2.44 bits per heavy atom. The van der Waals surface area contributed by atoms with Crippen LogP contribution >= 0.6 is 27.3 Å². The molecule has 16 heavy (non-hydrogen) atoms. The van der Waals surface area contributed by atoms with Gasteiger partial charge >= 0.3 is 0 Å². The summed E-state index contributed by atoms with van der Waals surface area (Å²) in [5, 5.41) is 6.57. The molecular formula is C10H10BrN3OS. The van der Waals surface area contributed by atoms with E-state index >= 15 is 0 Å². The van der Waals surface area contributed by atoms with Crippen molar-refractivity contribution in [3.8, 4) is 0 Å². The highest BCUT2D eigenvalue weighted by Gasteiger charge is 2.14. The second-order valence-corrected chi connectivity index (χ2v) is 5.83. The van der Waals surface area contributed by atoms with Crippen LogP contribution in [0.25, 0.3) is 0 Å². The lowest BCUT2D eigenvalue weighted by Gasteiger charge is -2.14. The fraction of sp³-hybridized carbons (Fsp3) is 0.200. The number of hydrogen-bond acceptors (Lipinski definition) is 3. The number of aromatic nitrogens is 2. The van der Waals surface area contributed by atoms with Crippen molar-refractivity contribution >= 4 is 33.2 Å². The Bertz CT molecular complexity index is 480. The summed E-state index contributed by atoms with van der Waals surface area (Å²) in [6.45, 7) is 0.560. The Kier molecular flexibility index (Phi) is 3.40. The molecule has 0 unspecified atom stereocenters. The maximum absolute atomic E-state index is 12.0. The number of nitrogens with one attached hydrogen (secondary N) is 1. The Morgan fingerprint density at radius 1 is 1.62 bits per heavy atom. The van der Waals surface area contributed by atoms with Crippen LogP contribution in [-0.4, -0.2) is 28.1 Å². The summed E-state index contributed by atoms with van der Waals surface area (Å²) in [6.07, 6.45) is 3.50. The van der Waals surface area contributed by atoms with E-state index in [0.717, 1.165) is 14.2 Å². The number of hydrogen-bond donors (Lipinski definition) is 1. The Hall–Kier alpha value is -1.14. The van der Waals surface area contributed by atoms with Gasteiger partial charge in [-0.25, -0.2) is 0 Å². The molecule has 0 saturated heterocycles. The van der Waals surface area contributed by atoms with Crippen LogP contribution in [0.5, 0.6) is 0 Å². The molecule has 0 bridgehead atoms. The maximum Gasteiger partial charge on any atom is 0.264 e. The van der Waals surface area contributed by atoms with Crippen molar-refractivity contribution in [2.75, 3.05) is 7.05 Å². The Morgan fingerprint density at radius 3 is 3.00 bits per heavy atom. The first-order chi connectivity index (χ1) is 7.66. The minimum Gasteiger partial charge on any atom is -0.337 e. The molecule has 0 aliphatic rings. The summed E-state index contributed by atoms with van der Waals surface area (Å²) in [5.74, 6) is 0.0249. The highest BCUT2D eigenvalue weighted by atomic mass is 79.9. The summed E-state index contributed by atoms with van der Waals surface area (Å²) in [4.78, 5) is 14.4. The third-order valence-corrected chi connectivity index (χ3v) is 3.72. The van der Waals surface area contributed by atoms with Crippen LogP contribution < -0.4 is 0 Å². The molecule has 4 nitrogen and oxygen atoms in total. The molecule has 1 N–H and O–H groups in total. The van der Waals surface area contributed by atoms with Crippen LogP contribution in [0, 0.1) is 0 Å². The molecule has 0 fully saturated rings. The van der Waals surface area contributed by atoms with Crippen LogP contribution in [0.2, 0.25) is 0 Å². The number of amides is 1. The highest BCUT2D eigenvalue weighted by molar-refractivity contribution is 9.11. The SMILES string of the molecule is CN(Cc1cn[nH]c1)C(=O)c1ccc(Br)s1. The first kappa shape index (κ1) is 11.3. The number of thiophene rings is 1. The summed E-state index contributed by atoms with van der Waals surface area (Å²) in [6, 6.07) is 3.70. The predicted molar refractivity (Wildman–Crippen MR) is 66.4 cm³/mol. The highest BCUT2D eigenvalue weighted by Crippen LogP contribution is 2.23. The molecule has 0 atom stereocenters. The van der Waals surface area contributed by atoms with Crippen LogP contribution in [0.4, 0.5) is 0 Å².